The normalized spacial score (nSPS) is 21.0. The Morgan fingerprint density at radius 3 is 2.84 bits per heavy atom. The van der Waals surface area contributed by atoms with Crippen molar-refractivity contribution in [3.05, 3.63) is 41.3 Å². The lowest BCUT2D eigenvalue weighted by atomic mass is 9.78. The number of hydrogen-bond donors (Lipinski definition) is 2. The van der Waals surface area contributed by atoms with Gasteiger partial charge in [-0.25, -0.2) is 9.97 Å². The van der Waals surface area contributed by atoms with E-state index >= 15 is 0 Å². The third-order valence-corrected chi connectivity index (χ3v) is 4.57. The number of aromatic nitrogens is 2. The van der Waals surface area contributed by atoms with Gasteiger partial charge in [0, 0.05) is 37.4 Å². The molecule has 0 atom stereocenters. The SMILES string of the molecule is COCc1nc(NCc2ccc3c(c2)OCO3)cc(C2CC(N)C2)n1. The van der Waals surface area contributed by atoms with Crippen molar-refractivity contribution >= 4 is 5.82 Å². The maximum Gasteiger partial charge on any atom is 0.231 e. The lowest BCUT2D eigenvalue weighted by Gasteiger charge is -2.32. The van der Waals surface area contributed by atoms with Gasteiger partial charge in [-0.3, -0.25) is 0 Å². The molecular weight excluding hydrogens is 320 g/mol. The van der Waals surface area contributed by atoms with Crippen LogP contribution in [-0.4, -0.2) is 29.9 Å². The molecule has 7 nitrogen and oxygen atoms in total. The molecule has 2 heterocycles. The topological polar surface area (TPSA) is 91.5 Å². The summed E-state index contributed by atoms with van der Waals surface area (Å²) >= 11 is 0. The fraction of sp³-hybridized carbons (Fsp3) is 0.444. The van der Waals surface area contributed by atoms with Crippen LogP contribution >= 0.6 is 0 Å². The Morgan fingerprint density at radius 2 is 2.04 bits per heavy atom. The third kappa shape index (κ3) is 3.52. The molecule has 2 aromatic rings. The minimum Gasteiger partial charge on any atom is -0.454 e. The lowest BCUT2D eigenvalue weighted by Crippen LogP contribution is -2.35. The molecule has 0 bridgehead atoms. The van der Waals surface area contributed by atoms with Crippen LogP contribution in [0, 0.1) is 0 Å². The highest BCUT2D eigenvalue weighted by molar-refractivity contribution is 5.46. The first-order valence-electron chi connectivity index (χ1n) is 8.46. The summed E-state index contributed by atoms with van der Waals surface area (Å²) in [6.07, 6.45) is 1.95. The van der Waals surface area contributed by atoms with Crippen molar-refractivity contribution in [2.24, 2.45) is 5.73 Å². The highest BCUT2D eigenvalue weighted by atomic mass is 16.7. The Labute approximate surface area is 146 Å². The van der Waals surface area contributed by atoms with Gasteiger partial charge in [0.15, 0.2) is 17.3 Å². The summed E-state index contributed by atoms with van der Waals surface area (Å²) in [5.74, 6) is 3.48. The van der Waals surface area contributed by atoms with E-state index in [1.54, 1.807) is 7.11 Å². The van der Waals surface area contributed by atoms with Crippen LogP contribution in [0.25, 0.3) is 0 Å². The van der Waals surface area contributed by atoms with Gasteiger partial charge in [0.1, 0.15) is 12.4 Å². The van der Waals surface area contributed by atoms with Crippen LogP contribution in [0.1, 0.15) is 35.8 Å². The molecule has 3 N–H and O–H groups in total. The van der Waals surface area contributed by atoms with Crippen molar-refractivity contribution in [3.8, 4) is 11.5 Å². The van der Waals surface area contributed by atoms with E-state index in [0.717, 1.165) is 41.4 Å². The number of nitrogens with one attached hydrogen (secondary N) is 1. The van der Waals surface area contributed by atoms with E-state index in [0.29, 0.717) is 24.9 Å². The van der Waals surface area contributed by atoms with Crippen LogP contribution in [0.4, 0.5) is 5.82 Å². The van der Waals surface area contributed by atoms with Crippen LogP contribution in [0.5, 0.6) is 11.5 Å². The molecule has 0 unspecified atom stereocenters. The number of fused-ring (bicyclic) bond motifs is 1. The number of nitrogens with two attached hydrogens (primary N) is 1. The predicted octanol–water partition coefficient (Wildman–Crippen LogP) is 2.17. The number of methoxy groups -OCH3 is 1. The van der Waals surface area contributed by atoms with Gasteiger partial charge in [0.05, 0.1) is 0 Å². The van der Waals surface area contributed by atoms with E-state index in [-0.39, 0.29) is 12.8 Å². The van der Waals surface area contributed by atoms with Crippen molar-refractivity contribution in [2.75, 3.05) is 19.2 Å². The molecule has 0 saturated heterocycles. The van der Waals surface area contributed by atoms with Crippen LogP contribution < -0.4 is 20.5 Å². The highest BCUT2D eigenvalue weighted by Gasteiger charge is 2.29. The van der Waals surface area contributed by atoms with Crippen LogP contribution in [0.2, 0.25) is 0 Å². The number of benzene rings is 1. The zero-order chi connectivity index (χ0) is 17.2. The number of nitrogens with zero attached hydrogens (tertiary/aromatic N) is 2. The number of rotatable bonds is 6. The summed E-state index contributed by atoms with van der Waals surface area (Å²) in [6.45, 7) is 1.32. The summed E-state index contributed by atoms with van der Waals surface area (Å²) in [5.41, 5.74) is 8.05. The predicted molar refractivity (Wildman–Crippen MR) is 92.6 cm³/mol. The Bertz CT molecular complexity index is 762. The van der Waals surface area contributed by atoms with E-state index in [9.17, 15) is 0 Å². The quantitative estimate of drug-likeness (QED) is 0.831. The first-order valence-corrected chi connectivity index (χ1v) is 8.46. The van der Waals surface area contributed by atoms with Gasteiger partial charge in [0.25, 0.3) is 0 Å². The second-order valence-corrected chi connectivity index (χ2v) is 6.50. The van der Waals surface area contributed by atoms with Crippen LogP contribution in [-0.2, 0) is 17.9 Å². The molecule has 1 aliphatic carbocycles. The molecule has 1 aromatic heterocycles. The lowest BCUT2D eigenvalue weighted by molar-refractivity contribution is 0.174. The minimum atomic E-state index is 0.283. The van der Waals surface area contributed by atoms with Crippen molar-refractivity contribution < 1.29 is 14.2 Å². The maximum absolute atomic E-state index is 5.91. The third-order valence-electron chi connectivity index (χ3n) is 4.57. The summed E-state index contributed by atoms with van der Waals surface area (Å²) in [4.78, 5) is 9.15. The average Bonchev–Trinajstić information content (AvgIpc) is 3.05. The van der Waals surface area contributed by atoms with Crippen LogP contribution in [0.15, 0.2) is 24.3 Å². The fourth-order valence-corrected chi connectivity index (χ4v) is 3.16. The Hall–Kier alpha value is -2.38. The van der Waals surface area contributed by atoms with Gasteiger partial charge in [-0.1, -0.05) is 6.07 Å². The first kappa shape index (κ1) is 16.1. The molecule has 25 heavy (non-hydrogen) atoms. The Kier molecular flexibility index (Phi) is 4.42. The van der Waals surface area contributed by atoms with Gasteiger partial charge < -0.3 is 25.3 Å². The number of hydrogen-bond acceptors (Lipinski definition) is 7. The van der Waals surface area contributed by atoms with Crippen molar-refractivity contribution in [1.82, 2.24) is 9.97 Å². The van der Waals surface area contributed by atoms with E-state index in [2.05, 4.69) is 15.3 Å². The standard InChI is InChI=1S/C18H22N4O3/c1-23-9-18-21-14(12-5-13(19)6-12)7-17(22-18)20-8-11-2-3-15-16(4-11)25-10-24-15/h2-4,7,12-13H,5-6,8-10,19H2,1H3,(H,20,21,22). The zero-order valence-electron chi connectivity index (χ0n) is 14.2. The van der Waals surface area contributed by atoms with Gasteiger partial charge in [-0.05, 0) is 30.5 Å². The molecule has 1 fully saturated rings. The molecular formula is C18H22N4O3. The van der Waals surface area contributed by atoms with E-state index in [4.69, 9.17) is 19.9 Å². The van der Waals surface area contributed by atoms with E-state index in [1.165, 1.54) is 0 Å². The molecule has 1 aromatic carbocycles. The fourth-order valence-electron chi connectivity index (χ4n) is 3.16. The molecule has 0 radical (unpaired) electrons. The Balaban J connectivity index is 1.49. The monoisotopic (exact) mass is 342 g/mol. The summed E-state index contributed by atoms with van der Waals surface area (Å²) in [7, 11) is 1.65. The highest BCUT2D eigenvalue weighted by Crippen LogP contribution is 2.35. The molecule has 0 spiro atoms. The van der Waals surface area contributed by atoms with Crippen molar-refractivity contribution in [3.63, 3.8) is 0 Å². The second-order valence-electron chi connectivity index (χ2n) is 6.50. The summed E-state index contributed by atoms with van der Waals surface area (Å²) in [5, 5.41) is 3.37. The number of anilines is 1. The average molecular weight is 342 g/mol. The zero-order valence-corrected chi connectivity index (χ0v) is 14.2. The molecule has 1 aliphatic heterocycles. The van der Waals surface area contributed by atoms with Crippen molar-refractivity contribution in [2.45, 2.75) is 38.0 Å². The maximum atomic E-state index is 5.91. The molecule has 0 amide bonds. The van der Waals surface area contributed by atoms with Crippen molar-refractivity contribution in [1.29, 1.82) is 0 Å². The number of ether oxygens (including phenoxy) is 3. The Morgan fingerprint density at radius 1 is 1.20 bits per heavy atom. The first-order chi connectivity index (χ1) is 12.2. The molecule has 2 aliphatic rings. The van der Waals surface area contributed by atoms with E-state index < -0.39 is 0 Å². The second kappa shape index (κ2) is 6.85. The van der Waals surface area contributed by atoms with Crippen LogP contribution in [0.3, 0.4) is 0 Å². The largest absolute Gasteiger partial charge is 0.454 e. The molecule has 4 rings (SSSR count). The molecule has 7 heteroatoms. The molecule has 132 valence electrons. The molecule has 1 saturated carbocycles. The summed E-state index contributed by atoms with van der Waals surface area (Å²) in [6, 6.07) is 8.23. The van der Waals surface area contributed by atoms with Gasteiger partial charge in [-0.2, -0.15) is 0 Å². The van der Waals surface area contributed by atoms with E-state index in [1.807, 2.05) is 24.3 Å². The smallest absolute Gasteiger partial charge is 0.231 e. The van der Waals surface area contributed by atoms with Gasteiger partial charge in [0.2, 0.25) is 6.79 Å². The summed E-state index contributed by atoms with van der Waals surface area (Å²) < 4.78 is 16.0. The van der Waals surface area contributed by atoms with Gasteiger partial charge >= 0.3 is 0 Å². The minimum absolute atomic E-state index is 0.283. The van der Waals surface area contributed by atoms with Gasteiger partial charge in [-0.15, -0.1) is 0 Å².